The summed E-state index contributed by atoms with van der Waals surface area (Å²) in [4.78, 5) is 25.0. The van der Waals surface area contributed by atoms with Gasteiger partial charge in [0.2, 0.25) is 0 Å². The van der Waals surface area contributed by atoms with E-state index in [4.69, 9.17) is 24.9 Å². The van der Waals surface area contributed by atoms with Crippen molar-refractivity contribution in [2.45, 2.75) is 6.92 Å². The molecule has 5 heteroatoms. The van der Waals surface area contributed by atoms with Gasteiger partial charge in [-0.25, -0.2) is 19.9 Å². The average Bonchev–Trinajstić information content (AvgIpc) is 3.24. The van der Waals surface area contributed by atoms with Crippen LogP contribution in [0.15, 0.2) is 182 Å². The topological polar surface area (TPSA) is 64.5 Å². The van der Waals surface area contributed by atoms with Crippen molar-refractivity contribution >= 4 is 10.8 Å². The minimum absolute atomic E-state index is 0.593. The number of nitrogens with zero attached hydrogens (tertiary/aromatic N) is 5. The molecule has 0 saturated carbocycles. The third-order valence-corrected chi connectivity index (χ3v) is 9.39. The van der Waals surface area contributed by atoms with Gasteiger partial charge in [0.15, 0.2) is 17.5 Å². The van der Waals surface area contributed by atoms with Crippen molar-refractivity contribution in [1.82, 2.24) is 24.9 Å². The fourth-order valence-corrected chi connectivity index (χ4v) is 6.75. The number of aromatic nitrogens is 5. The van der Waals surface area contributed by atoms with E-state index < -0.39 is 0 Å². The molecule has 0 unspecified atom stereocenters. The molecule has 3 aromatic heterocycles. The lowest BCUT2D eigenvalue weighted by Gasteiger charge is -2.13. The average molecular weight is 680 g/mol. The molecule has 0 radical (unpaired) electrons. The molecule has 3 heterocycles. The smallest absolute Gasteiger partial charge is 0.164 e. The summed E-state index contributed by atoms with van der Waals surface area (Å²) >= 11 is 0. The van der Waals surface area contributed by atoms with Crippen molar-refractivity contribution < 1.29 is 0 Å². The molecule has 0 bridgehead atoms. The van der Waals surface area contributed by atoms with Crippen LogP contribution in [-0.2, 0) is 0 Å². The minimum Gasteiger partial charge on any atom is -0.256 e. The first-order valence-corrected chi connectivity index (χ1v) is 17.7. The van der Waals surface area contributed by atoms with Crippen molar-refractivity contribution in [3.05, 3.63) is 188 Å². The molecule has 53 heavy (non-hydrogen) atoms. The third kappa shape index (κ3) is 6.60. The first-order chi connectivity index (χ1) is 26.1. The van der Waals surface area contributed by atoms with Gasteiger partial charge < -0.3 is 0 Å². The van der Waals surface area contributed by atoms with Crippen molar-refractivity contribution in [1.29, 1.82) is 0 Å². The Hall–Kier alpha value is -7.11. The Bertz CT molecular complexity index is 2650. The Kier molecular flexibility index (Phi) is 8.35. The number of pyridine rings is 2. The second kappa shape index (κ2) is 13.9. The maximum Gasteiger partial charge on any atom is 0.164 e. The highest BCUT2D eigenvalue weighted by Crippen LogP contribution is 2.36. The van der Waals surface area contributed by atoms with Gasteiger partial charge in [-0.1, -0.05) is 140 Å². The highest BCUT2D eigenvalue weighted by Gasteiger charge is 2.16. The fraction of sp³-hybridized carbons (Fsp3) is 0.0208. The monoisotopic (exact) mass is 679 g/mol. The van der Waals surface area contributed by atoms with E-state index in [1.807, 2.05) is 85.1 Å². The van der Waals surface area contributed by atoms with E-state index in [-0.39, 0.29) is 0 Å². The molecule has 0 aliphatic rings. The molecule has 0 amide bonds. The predicted octanol–water partition coefficient (Wildman–Crippen LogP) is 11.8. The normalized spacial score (nSPS) is 11.1. The Morgan fingerprint density at radius 3 is 1.43 bits per heavy atom. The molecule has 6 aromatic carbocycles. The Morgan fingerprint density at radius 1 is 0.340 bits per heavy atom. The van der Waals surface area contributed by atoms with Crippen LogP contribution < -0.4 is 0 Å². The maximum absolute atomic E-state index is 5.08. The Balaban J connectivity index is 1.20. The largest absolute Gasteiger partial charge is 0.256 e. The lowest BCUT2D eigenvalue weighted by molar-refractivity contribution is 1.07. The van der Waals surface area contributed by atoms with Crippen LogP contribution in [0.2, 0.25) is 0 Å². The van der Waals surface area contributed by atoms with Crippen LogP contribution >= 0.6 is 0 Å². The molecule has 0 saturated heterocycles. The van der Waals surface area contributed by atoms with Gasteiger partial charge in [-0.05, 0) is 65.4 Å². The van der Waals surface area contributed by atoms with Crippen LogP contribution in [0.5, 0.6) is 0 Å². The van der Waals surface area contributed by atoms with E-state index in [0.29, 0.717) is 17.5 Å². The zero-order chi connectivity index (χ0) is 35.6. The lowest BCUT2D eigenvalue weighted by Crippen LogP contribution is -2.00. The van der Waals surface area contributed by atoms with Crippen LogP contribution in [0.1, 0.15) is 5.56 Å². The predicted molar refractivity (Wildman–Crippen MR) is 216 cm³/mol. The summed E-state index contributed by atoms with van der Waals surface area (Å²) in [6.45, 7) is 2.12. The van der Waals surface area contributed by atoms with E-state index in [2.05, 4.69) is 104 Å². The van der Waals surface area contributed by atoms with Crippen LogP contribution in [0, 0.1) is 6.92 Å². The van der Waals surface area contributed by atoms with Crippen LogP contribution in [0.25, 0.3) is 89.8 Å². The summed E-state index contributed by atoms with van der Waals surface area (Å²) in [7, 11) is 0. The van der Waals surface area contributed by atoms with Crippen molar-refractivity contribution in [2.75, 3.05) is 0 Å². The van der Waals surface area contributed by atoms with Gasteiger partial charge in [-0.2, -0.15) is 0 Å². The number of fused-ring (bicyclic) bond motifs is 1. The number of rotatable bonds is 7. The molecule has 0 N–H and O–H groups in total. The highest BCUT2D eigenvalue weighted by atomic mass is 15.0. The van der Waals surface area contributed by atoms with Gasteiger partial charge in [-0.15, -0.1) is 0 Å². The van der Waals surface area contributed by atoms with Gasteiger partial charge in [0.25, 0.3) is 0 Å². The molecule has 0 atom stereocenters. The molecule has 9 rings (SSSR count). The van der Waals surface area contributed by atoms with E-state index in [1.165, 1.54) is 5.56 Å². The molecule has 0 spiro atoms. The third-order valence-electron chi connectivity index (χ3n) is 9.39. The Labute approximate surface area is 308 Å². The number of benzene rings is 6. The molecule has 0 fully saturated rings. The van der Waals surface area contributed by atoms with Gasteiger partial charge >= 0.3 is 0 Å². The standard InChI is InChI=1S/C48H33N5/c1-32-27-43(35-14-5-2-6-15-35)50-44(28-32)36-23-21-33(22-24-36)39-29-40(45-42-20-12-11-13-34(42)25-26-49-45)31-41(30-39)48-52-46(37-16-7-3-8-17-37)51-47(53-48)38-18-9-4-10-19-38/h2-31H,1H3. The molecular formula is C48H33N5. The second-order valence-corrected chi connectivity index (χ2v) is 13.1. The summed E-state index contributed by atoms with van der Waals surface area (Å²) in [6, 6.07) is 60.3. The van der Waals surface area contributed by atoms with Crippen molar-refractivity contribution in [2.24, 2.45) is 0 Å². The Morgan fingerprint density at radius 2 is 0.811 bits per heavy atom. The maximum atomic E-state index is 5.08. The second-order valence-electron chi connectivity index (χ2n) is 13.1. The summed E-state index contributed by atoms with van der Waals surface area (Å²) in [5.74, 6) is 1.83. The number of hydrogen-bond acceptors (Lipinski definition) is 5. The van der Waals surface area contributed by atoms with Crippen LogP contribution in [0.4, 0.5) is 0 Å². The van der Waals surface area contributed by atoms with Gasteiger partial charge in [-0.3, -0.25) is 4.98 Å². The van der Waals surface area contributed by atoms with Crippen molar-refractivity contribution in [3.8, 4) is 79.1 Å². The molecule has 5 nitrogen and oxygen atoms in total. The van der Waals surface area contributed by atoms with E-state index >= 15 is 0 Å². The minimum atomic E-state index is 0.593. The number of aryl methyl sites for hydroxylation is 1. The van der Waals surface area contributed by atoms with Gasteiger partial charge in [0.05, 0.1) is 17.1 Å². The first-order valence-electron chi connectivity index (χ1n) is 17.7. The molecule has 250 valence electrons. The van der Waals surface area contributed by atoms with Gasteiger partial charge in [0.1, 0.15) is 0 Å². The summed E-state index contributed by atoms with van der Waals surface area (Å²) in [5.41, 5.74) is 11.9. The quantitative estimate of drug-likeness (QED) is 0.168. The number of hydrogen-bond donors (Lipinski definition) is 0. The van der Waals surface area contributed by atoms with Crippen molar-refractivity contribution in [3.63, 3.8) is 0 Å². The summed E-state index contributed by atoms with van der Waals surface area (Å²) in [6.07, 6.45) is 1.88. The zero-order valence-corrected chi connectivity index (χ0v) is 29.1. The van der Waals surface area contributed by atoms with E-state index in [0.717, 1.165) is 72.4 Å². The van der Waals surface area contributed by atoms with Crippen LogP contribution in [-0.4, -0.2) is 24.9 Å². The van der Waals surface area contributed by atoms with E-state index in [1.54, 1.807) is 0 Å². The first kappa shape index (κ1) is 31.8. The summed E-state index contributed by atoms with van der Waals surface area (Å²) < 4.78 is 0. The van der Waals surface area contributed by atoms with Crippen LogP contribution in [0.3, 0.4) is 0 Å². The SMILES string of the molecule is Cc1cc(-c2ccccc2)nc(-c2ccc(-c3cc(-c4nc(-c5ccccc5)nc(-c5ccccc5)n4)cc(-c4nccc5ccccc45)c3)cc2)c1. The summed E-state index contributed by atoms with van der Waals surface area (Å²) in [5, 5.41) is 2.21. The van der Waals surface area contributed by atoms with E-state index in [9.17, 15) is 0 Å². The molecule has 0 aliphatic heterocycles. The van der Waals surface area contributed by atoms with Gasteiger partial charge in [0, 0.05) is 45.0 Å². The molecule has 9 aromatic rings. The highest BCUT2D eigenvalue weighted by molar-refractivity contribution is 5.96. The molecular weight excluding hydrogens is 647 g/mol. The fourth-order valence-electron chi connectivity index (χ4n) is 6.75. The molecule has 0 aliphatic carbocycles. The lowest BCUT2D eigenvalue weighted by atomic mass is 9.95. The zero-order valence-electron chi connectivity index (χ0n) is 29.1.